The van der Waals surface area contributed by atoms with Crippen LogP contribution in [-0.2, 0) is 33.2 Å². The van der Waals surface area contributed by atoms with Gasteiger partial charge >= 0.3 is 0 Å². The van der Waals surface area contributed by atoms with E-state index in [9.17, 15) is 76.6 Å². The maximum absolute atomic E-state index is 12.8. The topological polar surface area (TPSA) is 368 Å². The molecular weight excluding hydrogens is 1020 g/mol. The van der Waals surface area contributed by atoms with Gasteiger partial charge < -0.3 is 110 Å². The zero-order valence-corrected chi connectivity index (χ0v) is 46.9. The number of ether oxygens (including phenoxy) is 7. The molecule has 0 spiro atoms. The Hall–Kier alpha value is -1.14. The van der Waals surface area contributed by atoms with Crippen molar-refractivity contribution < 1.29 is 110 Å². The van der Waals surface area contributed by atoms with Crippen LogP contribution in [0.3, 0.4) is 0 Å². The van der Waals surface area contributed by atoms with Gasteiger partial charge in [-0.25, -0.2) is 0 Å². The van der Waals surface area contributed by atoms with E-state index < -0.39 is 177 Å². The molecule has 3 aliphatic heterocycles. The average molecular weight is 1120 g/mol. The summed E-state index contributed by atoms with van der Waals surface area (Å²) in [6.45, 7) is 16.5. The molecule has 15 N–H and O–H groups in total. The molecule has 0 bridgehead atoms. The molecule has 5 aliphatic carbocycles. The summed E-state index contributed by atoms with van der Waals surface area (Å²) in [7, 11) is 0. The first-order valence-corrected chi connectivity index (χ1v) is 28.8. The molecule has 0 radical (unpaired) electrons. The Morgan fingerprint density at radius 3 is 1.85 bits per heavy atom. The average Bonchev–Trinajstić information content (AvgIpc) is 3.76. The standard InChI is InChI=1S/C56H96O22/c1-10-29-38(62)44(68)48(78-49-45(69)43(67)40(64)31(22-58)74-49)51(73-29)77-36(53(5,6)71)15-11-24(2)26-17-18-54(7)33-14-12-27-28(56(33,9)34(60)20-55(26,54)8)13-16-35(52(27,3)4)76-50-46(70)47(41(65)32(23-59)75-50)72-30-19-25(21-57)37(61)42(66)39(30)63/h12,24-26,28-51,57-71H,10-11,13-23H2,1-9H3/t24-,25-,26?,28?,29-,30-,31-,32-,33?,34-,35+,36-,37-,38-,39+,40-,41-,42+,43+,44+,45-,46-,47+,48-,49+,50+,51+,54+,55-,56+/m1/s1. The number of aliphatic hydroxyl groups excluding tert-OH is 14. The zero-order chi connectivity index (χ0) is 57.5. The highest BCUT2D eigenvalue weighted by Gasteiger charge is 2.70. The zero-order valence-electron chi connectivity index (χ0n) is 46.9. The lowest BCUT2D eigenvalue weighted by atomic mass is 9.38. The second kappa shape index (κ2) is 23.7. The Kier molecular flexibility index (Phi) is 19.1. The summed E-state index contributed by atoms with van der Waals surface area (Å²) in [6.07, 6.45) is -22.4. The molecule has 7 fully saturated rings. The van der Waals surface area contributed by atoms with Crippen molar-refractivity contribution >= 4 is 0 Å². The summed E-state index contributed by atoms with van der Waals surface area (Å²) < 4.78 is 43.1. The van der Waals surface area contributed by atoms with Crippen molar-refractivity contribution in [2.24, 2.45) is 51.2 Å². The van der Waals surface area contributed by atoms with Gasteiger partial charge in [0.05, 0.1) is 55.4 Å². The molecule has 22 heteroatoms. The first kappa shape index (κ1) is 62.9. The fraction of sp³-hybridized carbons (Fsp3) is 0.964. The van der Waals surface area contributed by atoms with Crippen molar-refractivity contribution in [2.45, 2.75) is 267 Å². The Balaban J connectivity index is 0.957. The molecule has 3 heterocycles. The van der Waals surface area contributed by atoms with Crippen molar-refractivity contribution in [1.29, 1.82) is 0 Å². The van der Waals surface area contributed by atoms with Crippen LogP contribution in [0.5, 0.6) is 0 Å². The van der Waals surface area contributed by atoms with Crippen LogP contribution in [0.15, 0.2) is 11.6 Å². The van der Waals surface area contributed by atoms with Crippen LogP contribution in [0.1, 0.15) is 127 Å². The third-order valence-electron chi connectivity index (χ3n) is 21.5. The number of allylic oxidation sites excluding steroid dienone is 1. The van der Waals surface area contributed by atoms with Gasteiger partial charge in [0.2, 0.25) is 0 Å². The van der Waals surface area contributed by atoms with Crippen LogP contribution in [-0.4, -0.2) is 237 Å². The van der Waals surface area contributed by atoms with E-state index in [0.717, 1.165) is 18.4 Å². The predicted molar refractivity (Wildman–Crippen MR) is 274 cm³/mol. The molecule has 78 heavy (non-hydrogen) atoms. The third kappa shape index (κ3) is 10.9. The van der Waals surface area contributed by atoms with Crippen LogP contribution in [0.2, 0.25) is 0 Å². The fourth-order valence-corrected chi connectivity index (χ4v) is 16.4. The van der Waals surface area contributed by atoms with E-state index in [1.54, 1.807) is 20.8 Å². The van der Waals surface area contributed by atoms with Gasteiger partial charge in [-0.2, -0.15) is 0 Å². The van der Waals surface area contributed by atoms with Gasteiger partial charge in [0, 0.05) is 23.4 Å². The molecule has 0 aromatic heterocycles. The van der Waals surface area contributed by atoms with E-state index >= 15 is 0 Å². The van der Waals surface area contributed by atoms with Crippen molar-refractivity contribution in [1.82, 2.24) is 0 Å². The van der Waals surface area contributed by atoms with E-state index in [0.29, 0.717) is 38.5 Å². The van der Waals surface area contributed by atoms with Crippen molar-refractivity contribution in [3.63, 3.8) is 0 Å². The molecule has 452 valence electrons. The number of hydrogen-bond donors (Lipinski definition) is 15. The largest absolute Gasteiger partial charge is 0.396 e. The molecule has 8 aliphatic rings. The predicted octanol–water partition coefficient (Wildman–Crippen LogP) is -1.15. The minimum atomic E-state index is -1.80. The summed E-state index contributed by atoms with van der Waals surface area (Å²) >= 11 is 0. The van der Waals surface area contributed by atoms with E-state index in [1.807, 2.05) is 0 Å². The number of hydrogen-bond acceptors (Lipinski definition) is 22. The minimum Gasteiger partial charge on any atom is -0.396 e. The van der Waals surface area contributed by atoms with Gasteiger partial charge in [-0.15, -0.1) is 0 Å². The molecule has 3 unspecified atom stereocenters. The minimum absolute atomic E-state index is 0.0135. The van der Waals surface area contributed by atoms with Crippen molar-refractivity contribution in [2.75, 3.05) is 19.8 Å². The Labute approximate surface area is 458 Å². The molecule has 4 saturated carbocycles. The molecule has 0 aromatic rings. The Bertz CT molecular complexity index is 2020. The van der Waals surface area contributed by atoms with Gasteiger partial charge in [-0.1, -0.05) is 60.1 Å². The SMILES string of the molecule is CC[C@H]1O[C@@H](O[C@H](CC[C@@H](C)C2CC[C@@]3(C)C4CC=C5C(CC[C@H](O[C@@H]6O[C@H](CO)[C@@H](O)[C@H](O[C@@H]7C[C@H](CO)[C@@H](O)[C@H](O)[C@H]7O)[C@H]6O)C5(C)C)[C@]4(C)[C@H](O)C[C@]23C)C(C)(C)O)[C@H](O[C@@H]2O[C@H](CO)[C@@H](O)[C@H](O)[C@H]2O)[C@@H](O)[C@@H]1O. The van der Waals surface area contributed by atoms with E-state index in [2.05, 4.69) is 47.6 Å². The molecule has 8 rings (SSSR count). The summed E-state index contributed by atoms with van der Waals surface area (Å²) in [5, 5.41) is 163. The maximum Gasteiger partial charge on any atom is 0.187 e. The quantitative estimate of drug-likeness (QED) is 0.0765. The molecule has 22 nitrogen and oxygen atoms in total. The lowest BCUT2D eigenvalue weighted by Gasteiger charge is -2.67. The summed E-state index contributed by atoms with van der Waals surface area (Å²) in [6, 6.07) is 0. The van der Waals surface area contributed by atoms with Gasteiger partial charge in [0.15, 0.2) is 18.9 Å². The maximum atomic E-state index is 12.8. The molecule has 0 amide bonds. The van der Waals surface area contributed by atoms with Crippen LogP contribution in [0.25, 0.3) is 0 Å². The smallest absolute Gasteiger partial charge is 0.187 e. The first-order valence-electron chi connectivity index (χ1n) is 28.8. The summed E-state index contributed by atoms with van der Waals surface area (Å²) in [5.41, 5.74) is -1.93. The fourth-order valence-electron chi connectivity index (χ4n) is 16.4. The second-order valence-corrected chi connectivity index (χ2v) is 26.5. The third-order valence-corrected chi connectivity index (χ3v) is 21.5. The van der Waals surface area contributed by atoms with Gasteiger partial charge in [-0.05, 0) is 113 Å². The highest BCUT2D eigenvalue weighted by atomic mass is 16.8. The van der Waals surface area contributed by atoms with E-state index in [-0.39, 0.29) is 47.3 Å². The number of aliphatic hydroxyl groups is 15. The normalized spacial score (nSPS) is 51.4. The summed E-state index contributed by atoms with van der Waals surface area (Å²) in [4.78, 5) is 0. The van der Waals surface area contributed by atoms with Crippen LogP contribution in [0.4, 0.5) is 0 Å². The highest BCUT2D eigenvalue weighted by Crippen LogP contribution is 2.75. The lowest BCUT2D eigenvalue weighted by Crippen LogP contribution is -2.65. The second-order valence-electron chi connectivity index (χ2n) is 26.5. The molecule has 3 saturated heterocycles. The van der Waals surface area contributed by atoms with E-state index in [1.165, 1.54) is 0 Å². The van der Waals surface area contributed by atoms with Crippen molar-refractivity contribution in [3.05, 3.63) is 11.6 Å². The Morgan fingerprint density at radius 2 is 1.23 bits per heavy atom. The van der Waals surface area contributed by atoms with Crippen LogP contribution in [0, 0.1) is 51.2 Å². The molecule has 0 aromatic carbocycles. The Morgan fingerprint density at radius 1 is 0.628 bits per heavy atom. The number of rotatable bonds is 17. The van der Waals surface area contributed by atoms with Gasteiger partial charge in [0.25, 0.3) is 0 Å². The monoisotopic (exact) mass is 1120 g/mol. The first-order chi connectivity index (χ1) is 36.5. The number of fused-ring (bicyclic) bond motifs is 5. The van der Waals surface area contributed by atoms with Gasteiger partial charge in [0.1, 0.15) is 79.4 Å². The highest BCUT2D eigenvalue weighted by molar-refractivity contribution is 5.32. The lowest BCUT2D eigenvalue weighted by molar-refractivity contribution is -0.374. The van der Waals surface area contributed by atoms with Crippen LogP contribution >= 0.6 is 0 Å². The van der Waals surface area contributed by atoms with Gasteiger partial charge in [-0.3, -0.25) is 0 Å². The molecular formula is C56H96O22. The van der Waals surface area contributed by atoms with E-state index in [4.69, 9.17) is 33.2 Å². The van der Waals surface area contributed by atoms with Crippen molar-refractivity contribution in [3.8, 4) is 0 Å². The molecule has 30 atom stereocenters. The van der Waals surface area contributed by atoms with Crippen LogP contribution < -0.4 is 0 Å². The summed E-state index contributed by atoms with van der Waals surface area (Å²) in [5.74, 6) is -0.477.